The van der Waals surface area contributed by atoms with Crippen molar-refractivity contribution >= 4 is 34.7 Å². The van der Waals surface area contributed by atoms with E-state index in [9.17, 15) is 19.7 Å². The van der Waals surface area contributed by atoms with Gasteiger partial charge in [-0.15, -0.1) is 0 Å². The van der Waals surface area contributed by atoms with Gasteiger partial charge >= 0.3 is 0 Å². The lowest BCUT2D eigenvalue weighted by Crippen LogP contribution is -2.22. The number of rotatable bonds is 5. The van der Waals surface area contributed by atoms with Crippen molar-refractivity contribution in [3.8, 4) is 5.75 Å². The van der Waals surface area contributed by atoms with E-state index in [1.54, 1.807) is 42.5 Å². The highest BCUT2D eigenvalue weighted by molar-refractivity contribution is 8.18. The molecule has 0 unspecified atom stereocenters. The maximum absolute atomic E-state index is 11.9. The Morgan fingerprint density at radius 2 is 1.92 bits per heavy atom. The molecule has 0 spiro atoms. The molecule has 1 fully saturated rings. The quantitative estimate of drug-likeness (QED) is 0.451. The van der Waals surface area contributed by atoms with E-state index in [1.807, 2.05) is 0 Å². The van der Waals surface area contributed by atoms with E-state index in [1.165, 1.54) is 19.2 Å². The summed E-state index contributed by atoms with van der Waals surface area (Å²) < 4.78 is 5.63. The third-order valence-electron chi connectivity index (χ3n) is 3.69. The largest absolute Gasteiger partial charge is 0.489 e. The Labute approximate surface area is 153 Å². The maximum atomic E-state index is 11.9. The molecular weight excluding hydrogens is 356 g/mol. The third-order valence-corrected chi connectivity index (χ3v) is 4.65. The number of nitro groups is 1. The van der Waals surface area contributed by atoms with Crippen molar-refractivity contribution in [1.82, 2.24) is 4.90 Å². The van der Waals surface area contributed by atoms with E-state index in [4.69, 9.17) is 4.74 Å². The SMILES string of the molecule is CN1C(=O)S/C(=C\c2ccc(OCc3cccc([N+](=O)[O-])c3)cc2)C1=O. The molecule has 2 aromatic carbocycles. The first kappa shape index (κ1) is 17.7. The lowest BCUT2D eigenvalue weighted by Gasteiger charge is -2.06. The number of ether oxygens (including phenoxy) is 1. The molecule has 0 saturated carbocycles. The molecule has 7 nitrogen and oxygen atoms in total. The van der Waals surface area contributed by atoms with E-state index in [0.29, 0.717) is 16.2 Å². The minimum absolute atomic E-state index is 0.0197. The zero-order valence-electron chi connectivity index (χ0n) is 13.7. The number of amides is 2. The van der Waals surface area contributed by atoms with Gasteiger partial charge < -0.3 is 4.74 Å². The molecule has 0 N–H and O–H groups in total. The van der Waals surface area contributed by atoms with Crippen LogP contribution in [0.4, 0.5) is 10.5 Å². The Morgan fingerprint density at radius 3 is 2.54 bits per heavy atom. The van der Waals surface area contributed by atoms with Gasteiger partial charge in [-0.2, -0.15) is 0 Å². The first-order chi connectivity index (χ1) is 12.4. The Morgan fingerprint density at radius 1 is 1.19 bits per heavy atom. The van der Waals surface area contributed by atoms with Crippen molar-refractivity contribution in [1.29, 1.82) is 0 Å². The zero-order valence-corrected chi connectivity index (χ0v) is 14.6. The molecule has 1 heterocycles. The van der Waals surface area contributed by atoms with Gasteiger partial charge in [0.25, 0.3) is 16.8 Å². The fraction of sp³-hybridized carbons (Fsp3) is 0.111. The number of imide groups is 1. The minimum atomic E-state index is -0.448. The van der Waals surface area contributed by atoms with Crippen LogP contribution in [-0.2, 0) is 11.4 Å². The lowest BCUT2D eigenvalue weighted by atomic mass is 10.2. The molecule has 2 aromatic rings. The number of likely N-dealkylation sites (N-methyl/N-ethyl adjacent to an activating group) is 1. The summed E-state index contributed by atoms with van der Waals surface area (Å²) in [6.07, 6.45) is 1.65. The summed E-state index contributed by atoms with van der Waals surface area (Å²) in [7, 11) is 1.45. The number of carbonyl (C=O) groups is 2. The summed E-state index contributed by atoms with van der Waals surface area (Å²) in [4.78, 5) is 35.1. The van der Waals surface area contributed by atoms with E-state index >= 15 is 0 Å². The highest BCUT2D eigenvalue weighted by Crippen LogP contribution is 2.31. The molecule has 0 radical (unpaired) electrons. The summed E-state index contributed by atoms with van der Waals surface area (Å²) in [5.74, 6) is 0.281. The van der Waals surface area contributed by atoms with Crippen LogP contribution in [0.2, 0.25) is 0 Å². The van der Waals surface area contributed by atoms with Gasteiger partial charge in [0, 0.05) is 19.2 Å². The van der Waals surface area contributed by atoms with Gasteiger partial charge in [-0.3, -0.25) is 24.6 Å². The average Bonchev–Trinajstić information content (AvgIpc) is 2.88. The number of hydrogen-bond donors (Lipinski definition) is 0. The number of benzene rings is 2. The summed E-state index contributed by atoms with van der Waals surface area (Å²) in [5, 5.41) is 10.5. The number of carbonyl (C=O) groups excluding carboxylic acids is 2. The van der Waals surface area contributed by atoms with Crippen LogP contribution in [0.5, 0.6) is 5.75 Å². The second-order valence-corrected chi connectivity index (χ2v) is 6.52. The molecule has 1 aliphatic heterocycles. The van der Waals surface area contributed by atoms with Gasteiger partial charge in [0.2, 0.25) is 0 Å². The van der Waals surface area contributed by atoms with Crippen molar-refractivity contribution in [3.05, 3.63) is 74.7 Å². The van der Waals surface area contributed by atoms with Gasteiger partial charge in [-0.05, 0) is 41.1 Å². The monoisotopic (exact) mass is 370 g/mol. The second kappa shape index (κ2) is 7.40. The highest BCUT2D eigenvalue weighted by Gasteiger charge is 2.31. The molecular formula is C18H14N2O5S. The van der Waals surface area contributed by atoms with Crippen LogP contribution in [0.25, 0.3) is 6.08 Å². The van der Waals surface area contributed by atoms with Crippen LogP contribution >= 0.6 is 11.8 Å². The Bertz CT molecular complexity index is 908. The standard InChI is InChI=1S/C18H14N2O5S/c1-19-17(21)16(26-18(19)22)10-12-5-7-15(8-6-12)25-11-13-3-2-4-14(9-13)20(23)24/h2-10H,11H2,1H3/b16-10-. The number of hydrogen-bond acceptors (Lipinski definition) is 6. The first-order valence-electron chi connectivity index (χ1n) is 7.62. The smallest absolute Gasteiger partial charge is 0.293 e. The van der Waals surface area contributed by atoms with Gasteiger partial charge in [0.1, 0.15) is 12.4 Å². The Kier molecular flexibility index (Phi) is 5.04. The van der Waals surface area contributed by atoms with Gasteiger partial charge in [-0.1, -0.05) is 24.3 Å². The molecule has 2 amide bonds. The Hall–Kier alpha value is -3.13. The molecule has 0 aliphatic carbocycles. The van der Waals surface area contributed by atoms with E-state index in [-0.39, 0.29) is 23.4 Å². The van der Waals surface area contributed by atoms with E-state index in [2.05, 4.69) is 0 Å². The molecule has 1 aliphatic rings. The van der Waals surface area contributed by atoms with Crippen LogP contribution in [0.3, 0.4) is 0 Å². The molecule has 1 saturated heterocycles. The van der Waals surface area contributed by atoms with Crippen molar-refractivity contribution < 1.29 is 19.2 Å². The van der Waals surface area contributed by atoms with E-state index < -0.39 is 4.92 Å². The molecule has 132 valence electrons. The van der Waals surface area contributed by atoms with Crippen LogP contribution in [0, 0.1) is 10.1 Å². The van der Waals surface area contributed by atoms with Crippen LogP contribution in [0.15, 0.2) is 53.4 Å². The topological polar surface area (TPSA) is 89.8 Å². The predicted molar refractivity (Wildman–Crippen MR) is 97.6 cm³/mol. The Balaban J connectivity index is 1.65. The summed E-state index contributed by atoms with van der Waals surface area (Å²) in [6, 6.07) is 13.3. The number of non-ortho nitro benzene ring substituents is 1. The highest BCUT2D eigenvalue weighted by atomic mass is 32.2. The van der Waals surface area contributed by atoms with Gasteiger partial charge in [0.05, 0.1) is 9.83 Å². The summed E-state index contributed by atoms with van der Waals surface area (Å²) in [6.45, 7) is 0.204. The van der Waals surface area contributed by atoms with Gasteiger partial charge in [0.15, 0.2) is 0 Å². The number of nitrogens with zero attached hydrogens (tertiary/aromatic N) is 2. The predicted octanol–water partition coefficient (Wildman–Crippen LogP) is 3.84. The average molecular weight is 370 g/mol. The first-order valence-corrected chi connectivity index (χ1v) is 8.43. The lowest BCUT2D eigenvalue weighted by molar-refractivity contribution is -0.384. The molecule has 0 atom stereocenters. The minimum Gasteiger partial charge on any atom is -0.489 e. The van der Waals surface area contributed by atoms with Crippen molar-refractivity contribution in [2.75, 3.05) is 7.05 Å². The summed E-state index contributed by atoms with van der Waals surface area (Å²) in [5.41, 5.74) is 1.48. The second-order valence-electron chi connectivity index (χ2n) is 5.53. The third kappa shape index (κ3) is 3.92. The number of thioether (sulfide) groups is 1. The molecule has 26 heavy (non-hydrogen) atoms. The normalized spacial score (nSPS) is 15.6. The summed E-state index contributed by atoms with van der Waals surface area (Å²) >= 11 is 0.904. The van der Waals surface area contributed by atoms with E-state index in [0.717, 1.165) is 22.2 Å². The van der Waals surface area contributed by atoms with Crippen molar-refractivity contribution in [3.63, 3.8) is 0 Å². The molecule has 0 aromatic heterocycles. The fourth-order valence-electron chi connectivity index (χ4n) is 2.28. The van der Waals surface area contributed by atoms with Crippen molar-refractivity contribution in [2.24, 2.45) is 0 Å². The molecule has 0 bridgehead atoms. The number of nitro benzene ring substituents is 1. The van der Waals surface area contributed by atoms with Gasteiger partial charge in [-0.25, -0.2) is 0 Å². The fourth-order valence-corrected chi connectivity index (χ4v) is 3.11. The molecule has 3 rings (SSSR count). The van der Waals surface area contributed by atoms with Crippen LogP contribution < -0.4 is 4.74 Å². The van der Waals surface area contributed by atoms with Crippen molar-refractivity contribution in [2.45, 2.75) is 6.61 Å². The van der Waals surface area contributed by atoms with Crippen LogP contribution in [-0.4, -0.2) is 28.0 Å². The molecule has 8 heteroatoms. The van der Waals surface area contributed by atoms with Crippen LogP contribution in [0.1, 0.15) is 11.1 Å². The maximum Gasteiger partial charge on any atom is 0.293 e. The zero-order chi connectivity index (χ0) is 18.7.